The van der Waals surface area contributed by atoms with Crippen molar-refractivity contribution in [2.75, 3.05) is 20.2 Å². The second kappa shape index (κ2) is 7.49. The van der Waals surface area contributed by atoms with Crippen LogP contribution in [0.3, 0.4) is 0 Å². The first kappa shape index (κ1) is 12.3. The average molecular weight is 216 g/mol. The van der Waals surface area contributed by atoms with Crippen molar-refractivity contribution in [1.29, 1.82) is 5.26 Å². The van der Waals surface area contributed by atoms with Gasteiger partial charge in [0.2, 0.25) is 0 Å². The van der Waals surface area contributed by atoms with Crippen LogP contribution in [0.15, 0.2) is 30.3 Å². The van der Waals surface area contributed by atoms with Crippen molar-refractivity contribution in [2.24, 2.45) is 0 Å². The van der Waals surface area contributed by atoms with Gasteiger partial charge in [-0.25, -0.2) is 0 Å². The van der Waals surface area contributed by atoms with Gasteiger partial charge in [-0.05, 0) is 24.7 Å². The lowest BCUT2D eigenvalue weighted by molar-refractivity contribution is 0.326. The minimum absolute atomic E-state index is 0.420. The highest BCUT2D eigenvalue weighted by atomic mass is 16.5. The lowest BCUT2D eigenvalue weighted by atomic mass is 10.2. The molecule has 1 aromatic carbocycles. The molecule has 0 bridgehead atoms. The Labute approximate surface area is 96.4 Å². The molecule has 3 heteroatoms. The summed E-state index contributed by atoms with van der Waals surface area (Å²) in [5.41, 5.74) is 1.14. The number of nitriles is 1. The Morgan fingerprint density at radius 2 is 2.12 bits per heavy atom. The smallest absolute Gasteiger partial charge is 0.119 e. The van der Waals surface area contributed by atoms with Crippen LogP contribution in [-0.2, 0) is 0 Å². The lowest BCUT2D eigenvalue weighted by Gasteiger charge is -2.03. The van der Waals surface area contributed by atoms with E-state index in [1.54, 1.807) is 0 Å². The molecular weight excluding hydrogens is 200 g/mol. The molecule has 0 spiro atoms. The van der Waals surface area contributed by atoms with E-state index in [4.69, 9.17) is 10.00 Å². The molecule has 0 aliphatic rings. The minimum Gasteiger partial charge on any atom is -0.493 e. The van der Waals surface area contributed by atoms with Crippen LogP contribution in [0.4, 0.5) is 0 Å². The largest absolute Gasteiger partial charge is 0.493 e. The summed E-state index contributed by atoms with van der Waals surface area (Å²) < 4.78 is 5.37. The molecule has 84 valence electrons. The molecule has 3 nitrogen and oxygen atoms in total. The van der Waals surface area contributed by atoms with Crippen molar-refractivity contribution in [2.45, 2.75) is 6.42 Å². The van der Waals surface area contributed by atoms with E-state index in [2.05, 4.69) is 17.5 Å². The molecule has 0 amide bonds. The van der Waals surface area contributed by atoms with E-state index in [1.165, 1.54) is 0 Å². The Kier molecular flexibility index (Phi) is 5.75. The average Bonchev–Trinajstić information content (AvgIpc) is 2.32. The summed E-state index contributed by atoms with van der Waals surface area (Å²) in [7, 11) is 1.91. The summed E-state index contributed by atoms with van der Waals surface area (Å²) >= 11 is 0. The molecule has 0 saturated carbocycles. The van der Waals surface area contributed by atoms with Crippen molar-refractivity contribution in [3.05, 3.63) is 35.9 Å². The number of hydrogen-bond donors (Lipinski definition) is 1. The van der Waals surface area contributed by atoms with Gasteiger partial charge >= 0.3 is 0 Å². The van der Waals surface area contributed by atoms with Crippen LogP contribution in [0, 0.1) is 11.3 Å². The molecule has 1 aromatic rings. The molecule has 0 aliphatic heterocycles. The van der Waals surface area contributed by atoms with Gasteiger partial charge in [0, 0.05) is 6.54 Å². The Bertz CT molecular complexity index is 363. The van der Waals surface area contributed by atoms with E-state index in [0.29, 0.717) is 13.0 Å². The van der Waals surface area contributed by atoms with E-state index in [9.17, 15) is 0 Å². The number of benzene rings is 1. The maximum Gasteiger partial charge on any atom is 0.119 e. The Morgan fingerprint density at radius 1 is 1.38 bits per heavy atom. The van der Waals surface area contributed by atoms with E-state index in [-0.39, 0.29) is 0 Å². The molecule has 0 saturated heterocycles. The van der Waals surface area contributed by atoms with Crippen molar-refractivity contribution in [1.82, 2.24) is 5.32 Å². The van der Waals surface area contributed by atoms with E-state index < -0.39 is 0 Å². The van der Waals surface area contributed by atoms with Gasteiger partial charge in [-0.3, -0.25) is 0 Å². The third-order valence-corrected chi connectivity index (χ3v) is 1.99. The topological polar surface area (TPSA) is 45.0 Å². The zero-order chi connectivity index (χ0) is 11.6. The molecule has 0 fully saturated rings. The SMILES string of the molecule is CNCC=Cc1ccc(OCCC#N)cc1. The molecule has 0 aliphatic carbocycles. The molecule has 0 atom stereocenters. The number of likely N-dealkylation sites (N-methyl/N-ethyl adjacent to an activating group) is 1. The first-order chi connectivity index (χ1) is 7.86. The molecule has 1 rings (SSSR count). The van der Waals surface area contributed by atoms with Gasteiger partial charge in [0.1, 0.15) is 12.4 Å². The van der Waals surface area contributed by atoms with Gasteiger partial charge in [0.15, 0.2) is 0 Å². The fourth-order valence-corrected chi connectivity index (χ4v) is 1.20. The number of rotatable bonds is 6. The van der Waals surface area contributed by atoms with Gasteiger partial charge < -0.3 is 10.1 Å². The number of nitrogens with one attached hydrogen (secondary N) is 1. The quantitative estimate of drug-likeness (QED) is 0.741. The van der Waals surface area contributed by atoms with Crippen molar-refractivity contribution in [3.8, 4) is 11.8 Å². The summed E-state index contributed by atoms with van der Waals surface area (Å²) in [6.07, 6.45) is 4.53. The predicted molar refractivity (Wildman–Crippen MR) is 65.1 cm³/mol. The zero-order valence-electron chi connectivity index (χ0n) is 9.44. The molecule has 0 unspecified atom stereocenters. The molecular formula is C13H16N2O. The van der Waals surface area contributed by atoms with Crippen molar-refractivity contribution in [3.63, 3.8) is 0 Å². The summed E-state index contributed by atoms with van der Waals surface area (Å²) in [4.78, 5) is 0. The molecule has 16 heavy (non-hydrogen) atoms. The Hall–Kier alpha value is -1.79. The Morgan fingerprint density at radius 3 is 2.75 bits per heavy atom. The number of hydrogen-bond acceptors (Lipinski definition) is 3. The second-order valence-electron chi connectivity index (χ2n) is 3.29. The predicted octanol–water partition coefficient (Wildman–Crippen LogP) is 2.21. The highest BCUT2D eigenvalue weighted by molar-refractivity contribution is 5.50. The Balaban J connectivity index is 2.45. The highest BCUT2D eigenvalue weighted by Gasteiger charge is 1.92. The standard InChI is InChI=1S/C13H16N2O/c1-15-10-2-4-12-5-7-13(8-6-12)16-11-3-9-14/h2,4-8,15H,3,10-11H2,1H3. The van der Waals surface area contributed by atoms with E-state index in [0.717, 1.165) is 17.9 Å². The van der Waals surface area contributed by atoms with E-state index >= 15 is 0 Å². The maximum absolute atomic E-state index is 8.36. The van der Waals surface area contributed by atoms with Crippen LogP contribution < -0.4 is 10.1 Å². The summed E-state index contributed by atoms with van der Waals surface area (Å²) in [6.45, 7) is 1.31. The number of ether oxygens (including phenoxy) is 1. The van der Waals surface area contributed by atoms with Crippen LogP contribution in [0.1, 0.15) is 12.0 Å². The third-order valence-electron chi connectivity index (χ3n) is 1.99. The third kappa shape index (κ3) is 4.63. The highest BCUT2D eigenvalue weighted by Crippen LogP contribution is 2.13. The first-order valence-electron chi connectivity index (χ1n) is 5.28. The monoisotopic (exact) mass is 216 g/mol. The zero-order valence-corrected chi connectivity index (χ0v) is 9.44. The lowest BCUT2D eigenvalue weighted by Crippen LogP contribution is -2.03. The second-order valence-corrected chi connectivity index (χ2v) is 3.29. The van der Waals surface area contributed by atoms with Gasteiger partial charge in [0.05, 0.1) is 12.5 Å². The van der Waals surface area contributed by atoms with Crippen LogP contribution in [0.5, 0.6) is 5.75 Å². The van der Waals surface area contributed by atoms with Crippen LogP contribution in [-0.4, -0.2) is 20.2 Å². The fraction of sp³-hybridized carbons (Fsp3) is 0.308. The van der Waals surface area contributed by atoms with Crippen LogP contribution >= 0.6 is 0 Å². The normalized spacial score (nSPS) is 10.2. The fourth-order valence-electron chi connectivity index (χ4n) is 1.20. The molecule has 1 N–H and O–H groups in total. The summed E-state index contributed by atoms with van der Waals surface area (Å²) in [5, 5.41) is 11.4. The van der Waals surface area contributed by atoms with Gasteiger partial charge in [0.25, 0.3) is 0 Å². The van der Waals surface area contributed by atoms with Gasteiger partial charge in [-0.2, -0.15) is 5.26 Å². The molecule has 0 heterocycles. The van der Waals surface area contributed by atoms with Crippen LogP contribution in [0.25, 0.3) is 6.08 Å². The molecule has 0 aromatic heterocycles. The summed E-state index contributed by atoms with van der Waals surface area (Å²) in [6, 6.07) is 9.85. The van der Waals surface area contributed by atoms with Crippen molar-refractivity contribution >= 4 is 6.08 Å². The number of nitrogens with zero attached hydrogens (tertiary/aromatic N) is 1. The minimum atomic E-state index is 0.420. The van der Waals surface area contributed by atoms with Crippen molar-refractivity contribution < 1.29 is 4.74 Å². The molecule has 0 radical (unpaired) electrons. The van der Waals surface area contributed by atoms with E-state index in [1.807, 2.05) is 37.4 Å². The van der Waals surface area contributed by atoms with Gasteiger partial charge in [-0.15, -0.1) is 0 Å². The van der Waals surface area contributed by atoms with Gasteiger partial charge in [-0.1, -0.05) is 24.3 Å². The first-order valence-corrected chi connectivity index (χ1v) is 5.28. The summed E-state index contributed by atoms with van der Waals surface area (Å²) in [5.74, 6) is 0.806. The maximum atomic E-state index is 8.36. The van der Waals surface area contributed by atoms with Crippen LogP contribution in [0.2, 0.25) is 0 Å².